The average Bonchev–Trinajstić information content (AvgIpc) is 3.26. The van der Waals surface area contributed by atoms with Gasteiger partial charge in [0.15, 0.2) is 6.61 Å². The van der Waals surface area contributed by atoms with Gasteiger partial charge in [0, 0.05) is 13.0 Å². The standard InChI is InChI=1S/C19H19ClN2O5/c1-12-4-5-16(15(20)7-12)21-17(23)11-27-19(25)13-8-18(24)22(9-13)10-14-3-2-6-26-14/h2-7,13H,8-11H2,1H3,(H,21,23)/t13-/m0/s1. The monoisotopic (exact) mass is 390 g/mol. The fourth-order valence-corrected chi connectivity index (χ4v) is 3.12. The van der Waals surface area contributed by atoms with Gasteiger partial charge in [0.05, 0.1) is 29.4 Å². The number of aryl methyl sites for hydroxylation is 1. The number of hydrogen-bond acceptors (Lipinski definition) is 5. The highest BCUT2D eigenvalue weighted by Crippen LogP contribution is 2.23. The topological polar surface area (TPSA) is 88.8 Å². The predicted octanol–water partition coefficient (Wildman–Crippen LogP) is 2.77. The Labute approximate surface area is 161 Å². The second-order valence-electron chi connectivity index (χ2n) is 6.39. The molecular formula is C19H19ClN2O5. The summed E-state index contributed by atoms with van der Waals surface area (Å²) in [5, 5.41) is 3.00. The number of esters is 1. The summed E-state index contributed by atoms with van der Waals surface area (Å²) in [4.78, 5) is 37.7. The number of carbonyl (C=O) groups excluding carboxylic acids is 3. The van der Waals surface area contributed by atoms with E-state index in [1.54, 1.807) is 24.3 Å². The molecule has 0 aliphatic carbocycles. The Bertz CT molecular complexity index is 850. The van der Waals surface area contributed by atoms with Gasteiger partial charge in [-0.25, -0.2) is 0 Å². The van der Waals surface area contributed by atoms with Crippen molar-refractivity contribution in [3.63, 3.8) is 0 Å². The fraction of sp³-hybridized carbons (Fsp3) is 0.316. The molecule has 1 aromatic carbocycles. The number of nitrogens with zero attached hydrogens (tertiary/aromatic N) is 1. The van der Waals surface area contributed by atoms with Gasteiger partial charge in [0.25, 0.3) is 5.91 Å². The van der Waals surface area contributed by atoms with E-state index in [2.05, 4.69) is 5.32 Å². The molecule has 1 aliphatic heterocycles. The van der Waals surface area contributed by atoms with Crippen molar-refractivity contribution in [1.29, 1.82) is 0 Å². The van der Waals surface area contributed by atoms with Gasteiger partial charge in [0.1, 0.15) is 5.76 Å². The molecule has 1 fully saturated rings. The third-order valence-corrected chi connectivity index (χ3v) is 4.53. The van der Waals surface area contributed by atoms with E-state index in [-0.39, 0.29) is 18.9 Å². The molecule has 2 aromatic rings. The predicted molar refractivity (Wildman–Crippen MR) is 98.0 cm³/mol. The number of furan rings is 1. The van der Waals surface area contributed by atoms with E-state index >= 15 is 0 Å². The van der Waals surface area contributed by atoms with Crippen LogP contribution in [0.5, 0.6) is 0 Å². The molecule has 8 heteroatoms. The van der Waals surface area contributed by atoms with E-state index < -0.39 is 24.4 Å². The molecule has 7 nitrogen and oxygen atoms in total. The Morgan fingerprint density at radius 1 is 1.37 bits per heavy atom. The molecule has 0 bridgehead atoms. The molecule has 0 saturated carbocycles. The molecular weight excluding hydrogens is 372 g/mol. The van der Waals surface area contributed by atoms with E-state index in [9.17, 15) is 14.4 Å². The minimum atomic E-state index is -0.594. The molecule has 1 saturated heterocycles. The Balaban J connectivity index is 1.47. The second-order valence-corrected chi connectivity index (χ2v) is 6.80. The van der Waals surface area contributed by atoms with Crippen LogP contribution in [0.3, 0.4) is 0 Å². The number of benzene rings is 1. The molecule has 0 radical (unpaired) electrons. The number of amides is 2. The average molecular weight is 391 g/mol. The lowest BCUT2D eigenvalue weighted by Gasteiger charge is -2.14. The number of anilines is 1. The Kier molecular flexibility index (Phi) is 5.81. The van der Waals surface area contributed by atoms with Crippen LogP contribution in [0.1, 0.15) is 17.7 Å². The zero-order chi connectivity index (χ0) is 19.4. The summed E-state index contributed by atoms with van der Waals surface area (Å²) in [7, 11) is 0. The van der Waals surface area contributed by atoms with Crippen molar-refractivity contribution in [2.45, 2.75) is 19.9 Å². The fourth-order valence-electron chi connectivity index (χ4n) is 2.84. The van der Waals surface area contributed by atoms with Gasteiger partial charge in [-0.05, 0) is 36.8 Å². The molecule has 1 aromatic heterocycles. The maximum absolute atomic E-state index is 12.2. The lowest BCUT2D eigenvalue weighted by molar-refractivity contribution is -0.151. The SMILES string of the molecule is Cc1ccc(NC(=O)COC(=O)[C@H]2CC(=O)N(Cc3ccco3)C2)c(Cl)c1. The molecule has 1 atom stereocenters. The van der Waals surface area contributed by atoms with E-state index in [4.69, 9.17) is 20.8 Å². The summed E-state index contributed by atoms with van der Waals surface area (Å²) in [5.41, 5.74) is 1.42. The second kappa shape index (κ2) is 8.26. The van der Waals surface area contributed by atoms with Crippen LogP contribution in [0.2, 0.25) is 5.02 Å². The quantitative estimate of drug-likeness (QED) is 0.766. The molecule has 1 N–H and O–H groups in total. The maximum atomic E-state index is 12.2. The first-order valence-corrected chi connectivity index (χ1v) is 8.83. The molecule has 0 unspecified atom stereocenters. The zero-order valence-corrected chi connectivity index (χ0v) is 15.5. The Hall–Kier alpha value is -2.80. The number of carbonyl (C=O) groups is 3. The number of likely N-dealkylation sites (tertiary alicyclic amines) is 1. The first-order chi connectivity index (χ1) is 12.9. The summed E-state index contributed by atoms with van der Waals surface area (Å²) < 4.78 is 10.3. The van der Waals surface area contributed by atoms with Crippen LogP contribution in [0.15, 0.2) is 41.0 Å². The van der Waals surface area contributed by atoms with Crippen molar-refractivity contribution in [2.24, 2.45) is 5.92 Å². The Morgan fingerprint density at radius 3 is 2.89 bits per heavy atom. The van der Waals surface area contributed by atoms with Crippen LogP contribution in [-0.4, -0.2) is 35.8 Å². The van der Waals surface area contributed by atoms with Crippen LogP contribution in [0, 0.1) is 12.8 Å². The highest BCUT2D eigenvalue weighted by molar-refractivity contribution is 6.33. The molecule has 2 heterocycles. The number of rotatable bonds is 6. The summed E-state index contributed by atoms with van der Waals surface area (Å²) >= 11 is 6.06. The molecule has 142 valence electrons. The van der Waals surface area contributed by atoms with Crippen molar-refractivity contribution in [3.8, 4) is 0 Å². The van der Waals surface area contributed by atoms with Gasteiger partial charge in [-0.2, -0.15) is 0 Å². The largest absolute Gasteiger partial charge is 0.467 e. The van der Waals surface area contributed by atoms with Crippen LogP contribution < -0.4 is 5.32 Å². The van der Waals surface area contributed by atoms with Crippen molar-refractivity contribution in [3.05, 3.63) is 52.9 Å². The van der Waals surface area contributed by atoms with Gasteiger partial charge in [-0.1, -0.05) is 17.7 Å². The van der Waals surface area contributed by atoms with Crippen LogP contribution >= 0.6 is 11.6 Å². The van der Waals surface area contributed by atoms with Crippen LogP contribution in [-0.2, 0) is 25.7 Å². The van der Waals surface area contributed by atoms with E-state index in [1.165, 1.54) is 11.2 Å². The smallest absolute Gasteiger partial charge is 0.311 e. The number of nitrogens with one attached hydrogen (secondary N) is 1. The molecule has 1 aliphatic rings. The highest BCUT2D eigenvalue weighted by Gasteiger charge is 2.35. The number of hydrogen-bond donors (Lipinski definition) is 1. The molecule has 0 spiro atoms. The third kappa shape index (κ3) is 4.89. The van der Waals surface area contributed by atoms with E-state index in [0.29, 0.717) is 23.0 Å². The molecule has 3 rings (SSSR count). The van der Waals surface area contributed by atoms with Crippen LogP contribution in [0.25, 0.3) is 0 Å². The van der Waals surface area contributed by atoms with Gasteiger partial charge in [-0.3, -0.25) is 14.4 Å². The summed E-state index contributed by atoms with van der Waals surface area (Å²) in [6.45, 7) is 2.00. The summed E-state index contributed by atoms with van der Waals surface area (Å²) in [6, 6.07) is 8.71. The van der Waals surface area contributed by atoms with Crippen molar-refractivity contribution in [2.75, 3.05) is 18.5 Å². The number of halogens is 1. The van der Waals surface area contributed by atoms with Crippen molar-refractivity contribution >= 4 is 35.1 Å². The van der Waals surface area contributed by atoms with Gasteiger partial charge in [0.2, 0.25) is 5.91 Å². The normalized spacial score (nSPS) is 16.4. The third-order valence-electron chi connectivity index (χ3n) is 4.22. The lowest BCUT2D eigenvalue weighted by Crippen LogP contribution is -2.28. The van der Waals surface area contributed by atoms with Crippen LogP contribution in [0.4, 0.5) is 5.69 Å². The van der Waals surface area contributed by atoms with Gasteiger partial charge in [-0.15, -0.1) is 0 Å². The van der Waals surface area contributed by atoms with Gasteiger partial charge < -0.3 is 19.4 Å². The maximum Gasteiger partial charge on any atom is 0.311 e. The minimum absolute atomic E-state index is 0.0605. The molecule has 27 heavy (non-hydrogen) atoms. The van der Waals surface area contributed by atoms with E-state index in [1.807, 2.05) is 13.0 Å². The number of ether oxygens (including phenoxy) is 1. The summed E-state index contributed by atoms with van der Waals surface area (Å²) in [6.07, 6.45) is 1.59. The first-order valence-electron chi connectivity index (χ1n) is 8.45. The first kappa shape index (κ1) is 19.0. The zero-order valence-electron chi connectivity index (χ0n) is 14.7. The lowest BCUT2D eigenvalue weighted by atomic mass is 10.1. The summed E-state index contributed by atoms with van der Waals surface area (Å²) in [5.74, 6) is -1.17. The minimum Gasteiger partial charge on any atom is -0.467 e. The molecule has 2 amide bonds. The Morgan fingerprint density at radius 2 is 2.19 bits per heavy atom. The highest BCUT2D eigenvalue weighted by atomic mass is 35.5. The van der Waals surface area contributed by atoms with E-state index in [0.717, 1.165) is 5.56 Å². The van der Waals surface area contributed by atoms with Gasteiger partial charge >= 0.3 is 5.97 Å². The van der Waals surface area contributed by atoms with Crippen molar-refractivity contribution < 1.29 is 23.5 Å². The van der Waals surface area contributed by atoms with Crippen molar-refractivity contribution in [1.82, 2.24) is 4.90 Å².